The van der Waals surface area contributed by atoms with Crippen LogP contribution in [0.3, 0.4) is 0 Å². The van der Waals surface area contributed by atoms with Gasteiger partial charge in [0.15, 0.2) is 0 Å². The van der Waals surface area contributed by atoms with E-state index in [9.17, 15) is 0 Å². The van der Waals surface area contributed by atoms with Gasteiger partial charge in [0.25, 0.3) is 0 Å². The van der Waals surface area contributed by atoms with E-state index in [0.717, 1.165) is 36.7 Å². The predicted molar refractivity (Wildman–Crippen MR) is 57.3 cm³/mol. The number of imidazole rings is 2. The molecule has 0 aliphatic heterocycles. The molecule has 0 saturated carbocycles. The van der Waals surface area contributed by atoms with Crippen molar-refractivity contribution in [1.29, 1.82) is 0 Å². The molecule has 80 valence electrons. The second-order valence-corrected chi connectivity index (χ2v) is 3.44. The van der Waals surface area contributed by atoms with Gasteiger partial charge in [-0.15, -0.1) is 0 Å². The van der Waals surface area contributed by atoms with Gasteiger partial charge in [-0.1, -0.05) is 0 Å². The van der Waals surface area contributed by atoms with Gasteiger partial charge < -0.3 is 15.3 Å². The van der Waals surface area contributed by atoms with Gasteiger partial charge in [0.2, 0.25) is 0 Å². The van der Waals surface area contributed by atoms with Crippen molar-refractivity contribution in [3.05, 3.63) is 35.9 Å². The zero-order valence-electron chi connectivity index (χ0n) is 8.75. The molecule has 2 rings (SSSR count). The number of aryl methyl sites for hydroxylation is 1. The van der Waals surface area contributed by atoms with Gasteiger partial charge in [0.1, 0.15) is 5.82 Å². The van der Waals surface area contributed by atoms with Gasteiger partial charge in [-0.25, -0.2) is 9.97 Å². The van der Waals surface area contributed by atoms with Crippen molar-refractivity contribution in [2.24, 2.45) is 0 Å². The van der Waals surface area contributed by atoms with Crippen LogP contribution in [-0.2, 0) is 13.0 Å². The first kappa shape index (κ1) is 9.92. The SMILES string of the molecule is Cc1[nH]cnc1CNCCc1ncc[nH]1. The van der Waals surface area contributed by atoms with Crippen LogP contribution in [0.2, 0.25) is 0 Å². The summed E-state index contributed by atoms with van der Waals surface area (Å²) in [7, 11) is 0. The number of nitrogens with one attached hydrogen (secondary N) is 3. The zero-order chi connectivity index (χ0) is 10.5. The van der Waals surface area contributed by atoms with E-state index in [1.54, 1.807) is 12.5 Å². The van der Waals surface area contributed by atoms with Crippen molar-refractivity contribution in [2.45, 2.75) is 19.9 Å². The van der Waals surface area contributed by atoms with Crippen LogP contribution in [0, 0.1) is 6.92 Å². The first-order valence-corrected chi connectivity index (χ1v) is 5.04. The van der Waals surface area contributed by atoms with Crippen molar-refractivity contribution in [1.82, 2.24) is 25.3 Å². The number of aromatic amines is 2. The molecule has 0 bridgehead atoms. The Morgan fingerprint density at radius 3 is 2.93 bits per heavy atom. The summed E-state index contributed by atoms with van der Waals surface area (Å²) in [5.74, 6) is 1.02. The van der Waals surface area contributed by atoms with Crippen LogP contribution >= 0.6 is 0 Å². The minimum Gasteiger partial charge on any atom is -0.349 e. The first-order valence-electron chi connectivity index (χ1n) is 5.04. The highest BCUT2D eigenvalue weighted by Crippen LogP contribution is 1.99. The minimum absolute atomic E-state index is 0.802. The molecule has 5 nitrogen and oxygen atoms in total. The van der Waals surface area contributed by atoms with Gasteiger partial charge in [-0.2, -0.15) is 0 Å². The number of H-pyrrole nitrogens is 2. The van der Waals surface area contributed by atoms with Crippen LogP contribution in [0.1, 0.15) is 17.2 Å². The first-order chi connectivity index (χ1) is 7.36. The number of rotatable bonds is 5. The van der Waals surface area contributed by atoms with E-state index in [-0.39, 0.29) is 0 Å². The fourth-order valence-corrected chi connectivity index (χ4v) is 1.41. The van der Waals surface area contributed by atoms with E-state index in [1.807, 2.05) is 13.1 Å². The van der Waals surface area contributed by atoms with Crippen molar-refractivity contribution >= 4 is 0 Å². The standard InChI is InChI=1S/C10H15N5/c1-8-9(15-7-14-8)6-11-3-2-10-12-4-5-13-10/h4-5,7,11H,2-3,6H2,1H3,(H,12,13)(H,14,15). The van der Waals surface area contributed by atoms with Crippen LogP contribution in [0.5, 0.6) is 0 Å². The molecule has 0 atom stereocenters. The average molecular weight is 205 g/mol. The second kappa shape index (κ2) is 4.75. The van der Waals surface area contributed by atoms with Crippen molar-refractivity contribution in [3.63, 3.8) is 0 Å². The lowest BCUT2D eigenvalue weighted by Gasteiger charge is -2.01. The van der Waals surface area contributed by atoms with Gasteiger partial charge in [0.05, 0.1) is 12.0 Å². The summed E-state index contributed by atoms with van der Waals surface area (Å²) in [5, 5.41) is 3.32. The van der Waals surface area contributed by atoms with E-state index in [4.69, 9.17) is 0 Å². The number of hydrogen-bond acceptors (Lipinski definition) is 3. The van der Waals surface area contributed by atoms with Crippen LogP contribution in [0.15, 0.2) is 18.7 Å². The van der Waals surface area contributed by atoms with Gasteiger partial charge >= 0.3 is 0 Å². The third-order valence-corrected chi connectivity index (χ3v) is 2.32. The number of hydrogen-bond donors (Lipinski definition) is 3. The Hall–Kier alpha value is -1.62. The van der Waals surface area contributed by atoms with Crippen LogP contribution in [0.25, 0.3) is 0 Å². The minimum atomic E-state index is 0.802. The van der Waals surface area contributed by atoms with Crippen LogP contribution in [-0.4, -0.2) is 26.5 Å². The van der Waals surface area contributed by atoms with Crippen LogP contribution < -0.4 is 5.32 Å². The summed E-state index contributed by atoms with van der Waals surface area (Å²) in [4.78, 5) is 14.5. The molecule has 2 aromatic rings. The lowest BCUT2D eigenvalue weighted by molar-refractivity contribution is 0.663. The molecule has 0 radical (unpaired) electrons. The summed E-state index contributed by atoms with van der Waals surface area (Å²) in [5.41, 5.74) is 2.20. The van der Waals surface area contributed by atoms with E-state index in [2.05, 4.69) is 25.3 Å². The average Bonchev–Trinajstić information content (AvgIpc) is 2.85. The molecule has 0 unspecified atom stereocenters. The molecule has 15 heavy (non-hydrogen) atoms. The Balaban J connectivity index is 1.70. The molecule has 0 aliphatic rings. The Labute approximate surface area is 88.4 Å². The summed E-state index contributed by atoms with van der Waals surface area (Å²) in [6.45, 7) is 3.73. The maximum Gasteiger partial charge on any atom is 0.107 e. The highest BCUT2D eigenvalue weighted by Gasteiger charge is 1.99. The van der Waals surface area contributed by atoms with E-state index >= 15 is 0 Å². The Morgan fingerprint density at radius 2 is 2.27 bits per heavy atom. The smallest absolute Gasteiger partial charge is 0.107 e. The molecule has 5 heteroatoms. The lowest BCUT2D eigenvalue weighted by atomic mass is 10.3. The fourth-order valence-electron chi connectivity index (χ4n) is 1.41. The second-order valence-electron chi connectivity index (χ2n) is 3.44. The quantitative estimate of drug-likeness (QED) is 0.632. The Kier molecular flexibility index (Phi) is 3.14. The Morgan fingerprint density at radius 1 is 1.33 bits per heavy atom. The zero-order valence-corrected chi connectivity index (χ0v) is 8.75. The third-order valence-electron chi connectivity index (χ3n) is 2.32. The number of aromatic nitrogens is 4. The van der Waals surface area contributed by atoms with Crippen molar-refractivity contribution in [3.8, 4) is 0 Å². The molecular formula is C10H15N5. The molecule has 2 heterocycles. The summed E-state index contributed by atoms with van der Waals surface area (Å²) < 4.78 is 0. The fraction of sp³-hybridized carbons (Fsp3) is 0.400. The van der Waals surface area contributed by atoms with Gasteiger partial charge in [0, 0.05) is 37.6 Å². The van der Waals surface area contributed by atoms with Crippen molar-refractivity contribution < 1.29 is 0 Å². The molecular weight excluding hydrogens is 190 g/mol. The van der Waals surface area contributed by atoms with Gasteiger partial charge in [-0.3, -0.25) is 0 Å². The normalized spacial score (nSPS) is 10.7. The van der Waals surface area contributed by atoms with E-state index in [0.29, 0.717) is 0 Å². The maximum atomic E-state index is 4.21. The molecule has 0 saturated heterocycles. The summed E-state index contributed by atoms with van der Waals surface area (Å²) in [6.07, 6.45) is 6.25. The topological polar surface area (TPSA) is 69.4 Å². The van der Waals surface area contributed by atoms with E-state index < -0.39 is 0 Å². The largest absolute Gasteiger partial charge is 0.349 e. The Bertz CT molecular complexity index is 390. The molecule has 0 amide bonds. The number of nitrogens with zero attached hydrogens (tertiary/aromatic N) is 2. The molecule has 0 spiro atoms. The molecule has 0 aromatic carbocycles. The molecule has 0 aliphatic carbocycles. The maximum absolute atomic E-state index is 4.21. The van der Waals surface area contributed by atoms with Crippen LogP contribution in [0.4, 0.5) is 0 Å². The monoisotopic (exact) mass is 205 g/mol. The molecule has 3 N–H and O–H groups in total. The van der Waals surface area contributed by atoms with E-state index in [1.165, 1.54) is 0 Å². The lowest BCUT2D eigenvalue weighted by Crippen LogP contribution is -2.17. The summed E-state index contributed by atoms with van der Waals surface area (Å²) in [6, 6.07) is 0. The predicted octanol–water partition coefficient (Wildman–Crippen LogP) is 0.774. The van der Waals surface area contributed by atoms with Crippen molar-refractivity contribution in [2.75, 3.05) is 6.54 Å². The highest BCUT2D eigenvalue weighted by atomic mass is 15.0. The van der Waals surface area contributed by atoms with Gasteiger partial charge in [-0.05, 0) is 6.92 Å². The molecule has 2 aromatic heterocycles. The highest BCUT2D eigenvalue weighted by molar-refractivity contribution is 5.07. The molecule has 0 fully saturated rings. The third kappa shape index (κ3) is 2.66. The summed E-state index contributed by atoms with van der Waals surface area (Å²) >= 11 is 0.